The van der Waals surface area contributed by atoms with Crippen LogP contribution in [0.1, 0.15) is 16.8 Å². The third kappa shape index (κ3) is 2.19. The number of H-pyrrole nitrogens is 1. The van der Waals surface area contributed by atoms with Crippen LogP contribution in [0.15, 0.2) is 30.5 Å². The first kappa shape index (κ1) is 11.3. The number of rotatable bonds is 4. The van der Waals surface area contributed by atoms with Crippen LogP contribution in [0.3, 0.4) is 0 Å². The highest BCUT2D eigenvalue weighted by molar-refractivity contribution is 6.10. The van der Waals surface area contributed by atoms with Crippen LogP contribution < -0.4 is 10.8 Å². The van der Waals surface area contributed by atoms with E-state index in [-0.39, 0.29) is 12.2 Å². The molecule has 17 heavy (non-hydrogen) atoms. The van der Waals surface area contributed by atoms with Gasteiger partial charge in [-0.25, -0.2) is 0 Å². The second-order valence-electron chi connectivity index (χ2n) is 3.89. The molecule has 5 nitrogen and oxygen atoms in total. The summed E-state index contributed by atoms with van der Waals surface area (Å²) in [6.07, 6.45) is 1.22. The number of carbonyl (C=O) groups excluding carboxylic acids is 2. The number of carbonyl (C=O) groups is 2. The van der Waals surface area contributed by atoms with Gasteiger partial charge < -0.3 is 20.6 Å². The number of carboxylic acid groups (broad SMARTS) is 1. The lowest BCUT2D eigenvalue weighted by molar-refractivity contribution is -0.404. The van der Waals surface area contributed by atoms with Crippen molar-refractivity contribution >= 4 is 22.7 Å². The van der Waals surface area contributed by atoms with Crippen molar-refractivity contribution in [3.63, 3.8) is 0 Å². The first-order chi connectivity index (χ1) is 8.09. The van der Waals surface area contributed by atoms with E-state index in [2.05, 4.69) is 10.7 Å². The van der Waals surface area contributed by atoms with Gasteiger partial charge in [0, 0.05) is 35.1 Å². The number of carboxylic acids is 1. The summed E-state index contributed by atoms with van der Waals surface area (Å²) in [4.78, 5) is 25.4. The number of nitrogens with one attached hydrogen (secondary N) is 1. The highest BCUT2D eigenvalue weighted by atomic mass is 16.4. The van der Waals surface area contributed by atoms with Crippen LogP contribution in [0.2, 0.25) is 0 Å². The van der Waals surface area contributed by atoms with Gasteiger partial charge >= 0.3 is 0 Å². The van der Waals surface area contributed by atoms with E-state index in [9.17, 15) is 14.7 Å². The van der Waals surface area contributed by atoms with E-state index in [4.69, 9.17) is 0 Å². The molecular formula is C12H12N2O3. The van der Waals surface area contributed by atoms with Crippen molar-refractivity contribution < 1.29 is 20.4 Å². The number of hydrogen-bond donors (Lipinski definition) is 2. The maximum atomic E-state index is 12.0. The highest BCUT2D eigenvalue weighted by Crippen LogP contribution is 2.18. The molecule has 0 saturated heterocycles. The van der Waals surface area contributed by atoms with E-state index in [1.807, 2.05) is 24.3 Å². The van der Waals surface area contributed by atoms with E-state index in [1.54, 1.807) is 6.20 Å². The molecule has 5 heteroatoms. The van der Waals surface area contributed by atoms with E-state index in [1.165, 1.54) is 0 Å². The van der Waals surface area contributed by atoms with Gasteiger partial charge in [0.15, 0.2) is 6.04 Å². The zero-order valence-electron chi connectivity index (χ0n) is 9.10. The molecule has 2 aromatic rings. The minimum absolute atomic E-state index is 0.286. The van der Waals surface area contributed by atoms with E-state index in [0.29, 0.717) is 5.56 Å². The summed E-state index contributed by atoms with van der Waals surface area (Å²) in [6, 6.07) is 6.52. The summed E-state index contributed by atoms with van der Waals surface area (Å²) in [6.45, 7) is 0. The lowest BCUT2D eigenvalue weighted by Crippen LogP contribution is -2.66. The Morgan fingerprint density at radius 3 is 2.76 bits per heavy atom. The molecule has 2 rings (SSSR count). The summed E-state index contributed by atoms with van der Waals surface area (Å²) >= 11 is 0. The highest BCUT2D eigenvalue weighted by Gasteiger charge is 2.22. The summed E-state index contributed by atoms with van der Waals surface area (Å²) < 4.78 is 0. The molecule has 1 heterocycles. The van der Waals surface area contributed by atoms with E-state index >= 15 is 0 Å². The van der Waals surface area contributed by atoms with Crippen LogP contribution in [-0.2, 0) is 4.79 Å². The van der Waals surface area contributed by atoms with Crippen molar-refractivity contribution in [2.45, 2.75) is 12.5 Å². The average molecular weight is 232 g/mol. The summed E-state index contributed by atoms with van der Waals surface area (Å²) in [7, 11) is 0. The lowest BCUT2D eigenvalue weighted by Gasteiger charge is -2.07. The second-order valence-corrected chi connectivity index (χ2v) is 3.89. The van der Waals surface area contributed by atoms with Crippen molar-refractivity contribution in [2.75, 3.05) is 0 Å². The van der Waals surface area contributed by atoms with Crippen LogP contribution in [0, 0.1) is 0 Å². The predicted octanol–water partition coefficient (Wildman–Crippen LogP) is -0.899. The fourth-order valence-corrected chi connectivity index (χ4v) is 1.79. The minimum atomic E-state index is -1.27. The van der Waals surface area contributed by atoms with Gasteiger partial charge in [-0.3, -0.25) is 4.79 Å². The molecule has 4 N–H and O–H groups in total. The van der Waals surface area contributed by atoms with E-state index in [0.717, 1.165) is 10.9 Å². The second kappa shape index (κ2) is 4.39. The van der Waals surface area contributed by atoms with Crippen LogP contribution in [0.4, 0.5) is 0 Å². The van der Waals surface area contributed by atoms with Gasteiger partial charge in [-0.05, 0) is 6.07 Å². The van der Waals surface area contributed by atoms with Crippen molar-refractivity contribution in [3.05, 3.63) is 36.0 Å². The number of aromatic amines is 1. The normalized spacial score (nSPS) is 12.5. The third-order valence-electron chi connectivity index (χ3n) is 2.64. The Morgan fingerprint density at radius 2 is 2.06 bits per heavy atom. The van der Waals surface area contributed by atoms with Crippen LogP contribution in [0.25, 0.3) is 10.9 Å². The average Bonchev–Trinajstić information content (AvgIpc) is 2.70. The Labute approximate surface area is 97.2 Å². The van der Waals surface area contributed by atoms with Crippen LogP contribution in [-0.4, -0.2) is 22.8 Å². The Bertz CT molecular complexity index is 574. The number of ketones is 1. The first-order valence-corrected chi connectivity index (χ1v) is 5.23. The molecular weight excluding hydrogens is 220 g/mol. The van der Waals surface area contributed by atoms with Crippen LogP contribution in [0.5, 0.6) is 0 Å². The third-order valence-corrected chi connectivity index (χ3v) is 2.64. The molecule has 0 fully saturated rings. The zero-order valence-corrected chi connectivity index (χ0v) is 9.10. The largest absolute Gasteiger partial charge is 0.550 e. The Hall–Kier alpha value is -2.14. The van der Waals surface area contributed by atoms with Gasteiger partial charge in [0.2, 0.25) is 5.78 Å². The number of fused-ring (bicyclic) bond motifs is 1. The molecule has 1 aromatic heterocycles. The first-order valence-electron chi connectivity index (χ1n) is 5.23. The number of aromatic nitrogens is 1. The molecule has 0 spiro atoms. The number of para-hydroxylation sites is 1. The number of Topliss-reactive ketones (excluding diaryl/α,β-unsaturated/α-hetero) is 1. The SMILES string of the molecule is [NH3+][C@@H](CC(=O)[O-])C(=O)c1c[nH]c2ccccc12. The smallest absolute Gasteiger partial charge is 0.222 e. The minimum Gasteiger partial charge on any atom is -0.550 e. The van der Waals surface area contributed by atoms with Crippen LogP contribution >= 0.6 is 0 Å². The maximum Gasteiger partial charge on any atom is 0.222 e. The fraction of sp³-hybridized carbons (Fsp3) is 0.167. The van der Waals surface area contributed by atoms with E-state index < -0.39 is 12.0 Å². The quantitative estimate of drug-likeness (QED) is 0.668. The van der Waals surface area contributed by atoms with Gasteiger partial charge in [0.05, 0.1) is 0 Å². The summed E-state index contributed by atoms with van der Waals surface area (Å²) in [5.41, 5.74) is 4.87. The van der Waals surface area contributed by atoms with Crippen molar-refractivity contribution in [2.24, 2.45) is 0 Å². The monoisotopic (exact) mass is 232 g/mol. The van der Waals surface area contributed by atoms with Crippen molar-refractivity contribution in [1.29, 1.82) is 0 Å². The molecule has 1 atom stereocenters. The van der Waals surface area contributed by atoms with Crippen molar-refractivity contribution in [3.8, 4) is 0 Å². The molecule has 0 aliphatic rings. The zero-order chi connectivity index (χ0) is 12.4. The molecule has 0 unspecified atom stereocenters. The standard InChI is InChI=1S/C12H12N2O3/c13-9(5-11(15)16)12(17)8-6-14-10-4-2-1-3-7(8)10/h1-4,6,9,14H,5,13H2,(H,15,16)/t9-/m0/s1. The number of quaternary nitrogens is 1. The number of benzene rings is 1. The molecule has 0 aliphatic carbocycles. The molecule has 1 aromatic carbocycles. The fourth-order valence-electron chi connectivity index (χ4n) is 1.79. The Kier molecular flexibility index (Phi) is 2.93. The summed E-state index contributed by atoms with van der Waals surface area (Å²) in [5.74, 6) is -1.55. The van der Waals surface area contributed by atoms with Gasteiger partial charge in [-0.15, -0.1) is 0 Å². The number of hydrogen-bond acceptors (Lipinski definition) is 3. The van der Waals surface area contributed by atoms with Crippen molar-refractivity contribution in [1.82, 2.24) is 4.98 Å². The number of aliphatic carboxylic acids is 1. The molecule has 0 bridgehead atoms. The van der Waals surface area contributed by atoms with Gasteiger partial charge in [-0.2, -0.15) is 0 Å². The Balaban J connectivity index is 2.33. The van der Waals surface area contributed by atoms with Gasteiger partial charge in [-0.1, -0.05) is 18.2 Å². The molecule has 88 valence electrons. The topological polar surface area (TPSA) is 101 Å². The predicted molar refractivity (Wildman–Crippen MR) is 58.9 cm³/mol. The summed E-state index contributed by atoms with van der Waals surface area (Å²) in [5, 5.41) is 11.2. The molecule has 0 aliphatic heterocycles. The lowest BCUT2D eigenvalue weighted by atomic mass is 10.0. The van der Waals surface area contributed by atoms with Gasteiger partial charge in [0.1, 0.15) is 0 Å². The molecule has 0 amide bonds. The molecule has 0 saturated carbocycles. The molecule has 0 radical (unpaired) electrons. The Morgan fingerprint density at radius 1 is 1.35 bits per heavy atom. The van der Waals surface area contributed by atoms with Gasteiger partial charge in [0.25, 0.3) is 0 Å². The maximum absolute atomic E-state index is 12.0.